The van der Waals surface area contributed by atoms with Crippen LogP contribution >= 0.6 is 0 Å². The zero-order chi connectivity index (χ0) is 23.7. The Bertz CT molecular complexity index is 1340. The number of aromatic amines is 1. The van der Waals surface area contributed by atoms with Crippen molar-refractivity contribution in [1.29, 1.82) is 0 Å². The Balaban J connectivity index is 1.39. The molecule has 0 fully saturated rings. The van der Waals surface area contributed by atoms with E-state index in [1.165, 1.54) is 0 Å². The first-order valence-corrected chi connectivity index (χ1v) is 12.1. The maximum absolute atomic E-state index is 12.7. The van der Waals surface area contributed by atoms with Crippen LogP contribution in [0.1, 0.15) is 47.8 Å². The van der Waals surface area contributed by atoms with E-state index in [0.29, 0.717) is 12.1 Å². The lowest BCUT2D eigenvalue weighted by molar-refractivity contribution is 0.0952. The van der Waals surface area contributed by atoms with Gasteiger partial charge in [0.15, 0.2) is 0 Å². The normalized spacial score (nSPS) is 14.4. The summed E-state index contributed by atoms with van der Waals surface area (Å²) in [6.07, 6.45) is 0.937. The van der Waals surface area contributed by atoms with Gasteiger partial charge in [-0.25, -0.2) is 4.98 Å². The summed E-state index contributed by atoms with van der Waals surface area (Å²) in [7, 11) is 0. The van der Waals surface area contributed by atoms with Crippen LogP contribution in [0, 0.1) is 0 Å². The molecular weight excluding hydrogens is 422 g/mol. The molecule has 6 nitrogen and oxygen atoms in total. The Labute approximate surface area is 200 Å². The van der Waals surface area contributed by atoms with E-state index in [-0.39, 0.29) is 11.9 Å². The quantitative estimate of drug-likeness (QED) is 0.337. The number of carbonyl (C=O) groups is 1. The standard InChI is InChI=1S/C28H31N5O/c1-3-33(4-2)16-8-15-30-28(34)18-13-14-23-24(17-18)32-27(31-23)22-12-7-11-21-25(22)19-9-5-6-10-20(19)26(21)29/h5-7,9-14,17,26H,3-4,8,15-16,29H2,1-2H3,(H,30,34)(H,31,32). The third-order valence-electron chi connectivity index (χ3n) is 6.83. The second-order valence-corrected chi connectivity index (χ2v) is 8.79. The van der Waals surface area contributed by atoms with Gasteiger partial charge in [-0.3, -0.25) is 4.79 Å². The summed E-state index contributed by atoms with van der Waals surface area (Å²) in [6, 6.07) is 20.0. The molecule has 1 aliphatic rings. The molecule has 1 aliphatic carbocycles. The molecule has 0 radical (unpaired) electrons. The van der Waals surface area contributed by atoms with Gasteiger partial charge in [0.1, 0.15) is 5.82 Å². The fraction of sp³-hybridized carbons (Fsp3) is 0.286. The largest absolute Gasteiger partial charge is 0.352 e. The molecule has 174 valence electrons. The molecule has 5 rings (SSSR count). The van der Waals surface area contributed by atoms with Crippen molar-refractivity contribution < 1.29 is 4.79 Å². The molecule has 0 aliphatic heterocycles. The van der Waals surface area contributed by atoms with Crippen LogP contribution in [0.2, 0.25) is 0 Å². The average Bonchev–Trinajstić information content (AvgIpc) is 3.43. The summed E-state index contributed by atoms with van der Waals surface area (Å²) in [4.78, 5) is 23.3. The molecule has 4 N–H and O–H groups in total. The summed E-state index contributed by atoms with van der Waals surface area (Å²) < 4.78 is 0. The van der Waals surface area contributed by atoms with E-state index in [2.05, 4.69) is 53.3 Å². The number of nitrogens with two attached hydrogens (primary N) is 1. The Morgan fingerprint density at radius 2 is 1.79 bits per heavy atom. The van der Waals surface area contributed by atoms with Crippen molar-refractivity contribution in [3.05, 3.63) is 77.4 Å². The zero-order valence-electron chi connectivity index (χ0n) is 19.8. The Hall–Kier alpha value is -3.48. The van der Waals surface area contributed by atoms with Crippen molar-refractivity contribution in [1.82, 2.24) is 20.2 Å². The SMILES string of the molecule is CCN(CC)CCCNC(=O)c1ccc2nc(-c3cccc4c3-c3ccccc3C4N)[nH]c2c1. The predicted octanol–water partition coefficient (Wildman–Crippen LogP) is 4.72. The van der Waals surface area contributed by atoms with Gasteiger partial charge in [0.25, 0.3) is 5.91 Å². The third kappa shape index (κ3) is 4.00. The van der Waals surface area contributed by atoms with E-state index >= 15 is 0 Å². The fourth-order valence-electron chi connectivity index (χ4n) is 4.92. The van der Waals surface area contributed by atoms with Gasteiger partial charge in [0.05, 0.1) is 17.1 Å². The molecular formula is C28H31N5O. The molecule has 1 atom stereocenters. The number of H-pyrrole nitrogens is 1. The number of rotatable bonds is 8. The van der Waals surface area contributed by atoms with Crippen molar-refractivity contribution in [2.24, 2.45) is 5.73 Å². The van der Waals surface area contributed by atoms with Crippen LogP contribution in [-0.2, 0) is 0 Å². The lowest BCUT2D eigenvalue weighted by Gasteiger charge is -2.17. The number of nitrogens with zero attached hydrogens (tertiary/aromatic N) is 2. The van der Waals surface area contributed by atoms with E-state index in [9.17, 15) is 4.79 Å². The predicted molar refractivity (Wildman–Crippen MR) is 138 cm³/mol. The Morgan fingerprint density at radius 3 is 2.62 bits per heavy atom. The molecule has 1 amide bonds. The highest BCUT2D eigenvalue weighted by Crippen LogP contribution is 2.46. The van der Waals surface area contributed by atoms with Crippen LogP contribution < -0.4 is 11.1 Å². The van der Waals surface area contributed by atoms with Gasteiger partial charge < -0.3 is 20.9 Å². The van der Waals surface area contributed by atoms with Crippen molar-refractivity contribution in [3.63, 3.8) is 0 Å². The van der Waals surface area contributed by atoms with Gasteiger partial charge in [-0.05, 0) is 66.5 Å². The Kier molecular flexibility index (Phi) is 6.18. The first kappa shape index (κ1) is 22.3. The summed E-state index contributed by atoms with van der Waals surface area (Å²) in [5, 5.41) is 3.04. The van der Waals surface area contributed by atoms with Crippen LogP contribution in [0.5, 0.6) is 0 Å². The first-order chi connectivity index (χ1) is 16.6. The van der Waals surface area contributed by atoms with E-state index in [1.807, 2.05) is 36.4 Å². The number of amides is 1. The molecule has 4 aromatic rings. The highest BCUT2D eigenvalue weighted by Gasteiger charge is 2.28. The maximum atomic E-state index is 12.7. The fourth-order valence-corrected chi connectivity index (χ4v) is 4.92. The number of hydrogen-bond acceptors (Lipinski definition) is 4. The van der Waals surface area contributed by atoms with Crippen molar-refractivity contribution in [2.75, 3.05) is 26.2 Å². The maximum Gasteiger partial charge on any atom is 0.251 e. The summed E-state index contributed by atoms with van der Waals surface area (Å²) in [5.74, 6) is 0.727. The number of aromatic nitrogens is 2. The van der Waals surface area contributed by atoms with Crippen LogP contribution in [0.3, 0.4) is 0 Å². The van der Waals surface area contributed by atoms with Gasteiger partial charge in [-0.1, -0.05) is 56.3 Å². The highest BCUT2D eigenvalue weighted by molar-refractivity contribution is 5.98. The monoisotopic (exact) mass is 453 g/mol. The van der Waals surface area contributed by atoms with E-state index in [4.69, 9.17) is 10.7 Å². The van der Waals surface area contributed by atoms with Gasteiger partial charge in [0, 0.05) is 17.7 Å². The summed E-state index contributed by atoms with van der Waals surface area (Å²) >= 11 is 0. The van der Waals surface area contributed by atoms with Gasteiger partial charge in [-0.2, -0.15) is 0 Å². The van der Waals surface area contributed by atoms with Crippen LogP contribution in [-0.4, -0.2) is 47.0 Å². The third-order valence-corrected chi connectivity index (χ3v) is 6.83. The summed E-state index contributed by atoms with van der Waals surface area (Å²) in [5.41, 5.74) is 14.4. The van der Waals surface area contributed by atoms with Crippen LogP contribution in [0.25, 0.3) is 33.5 Å². The molecule has 0 saturated carbocycles. The van der Waals surface area contributed by atoms with Crippen LogP contribution in [0.15, 0.2) is 60.7 Å². The van der Waals surface area contributed by atoms with Gasteiger partial charge in [-0.15, -0.1) is 0 Å². The van der Waals surface area contributed by atoms with Crippen molar-refractivity contribution in [3.8, 4) is 22.5 Å². The van der Waals surface area contributed by atoms with Crippen LogP contribution in [0.4, 0.5) is 0 Å². The summed E-state index contributed by atoms with van der Waals surface area (Å²) in [6.45, 7) is 8.04. The molecule has 1 aromatic heterocycles. The molecule has 6 heteroatoms. The lowest BCUT2D eigenvalue weighted by atomic mass is 9.99. The number of benzene rings is 3. The molecule has 0 bridgehead atoms. The first-order valence-electron chi connectivity index (χ1n) is 12.1. The minimum absolute atomic E-state index is 0.0573. The molecule has 1 heterocycles. The second-order valence-electron chi connectivity index (χ2n) is 8.79. The lowest BCUT2D eigenvalue weighted by Crippen LogP contribution is -2.29. The average molecular weight is 454 g/mol. The van der Waals surface area contributed by atoms with E-state index in [0.717, 1.165) is 70.7 Å². The number of fused-ring (bicyclic) bond motifs is 4. The molecule has 3 aromatic carbocycles. The molecule has 1 unspecified atom stereocenters. The number of carbonyl (C=O) groups excluding carboxylic acids is 1. The van der Waals surface area contributed by atoms with E-state index < -0.39 is 0 Å². The van der Waals surface area contributed by atoms with E-state index in [1.54, 1.807) is 0 Å². The van der Waals surface area contributed by atoms with Gasteiger partial charge >= 0.3 is 0 Å². The molecule has 0 spiro atoms. The minimum Gasteiger partial charge on any atom is -0.352 e. The van der Waals surface area contributed by atoms with Crippen molar-refractivity contribution >= 4 is 16.9 Å². The van der Waals surface area contributed by atoms with Gasteiger partial charge in [0.2, 0.25) is 0 Å². The zero-order valence-corrected chi connectivity index (χ0v) is 19.8. The smallest absolute Gasteiger partial charge is 0.251 e. The topological polar surface area (TPSA) is 87.0 Å². The minimum atomic E-state index is -0.132. The second kappa shape index (κ2) is 9.41. The number of nitrogens with one attached hydrogen (secondary N) is 2. The van der Waals surface area contributed by atoms with Crippen molar-refractivity contribution in [2.45, 2.75) is 26.3 Å². The Morgan fingerprint density at radius 1 is 1.03 bits per heavy atom. The number of hydrogen-bond donors (Lipinski definition) is 3. The molecule has 34 heavy (non-hydrogen) atoms. The molecule has 0 saturated heterocycles. The number of imidazole rings is 1. The highest BCUT2D eigenvalue weighted by atomic mass is 16.1.